The summed E-state index contributed by atoms with van der Waals surface area (Å²) in [4.78, 5) is 39.7. The molecule has 0 bridgehead atoms. The Labute approximate surface area is 145 Å². The van der Waals surface area contributed by atoms with Gasteiger partial charge >= 0.3 is 5.69 Å². The van der Waals surface area contributed by atoms with Crippen LogP contribution in [-0.2, 0) is 4.79 Å². The molecule has 0 aliphatic carbocycles. The van der Waals surface area contributed by atoms with Gasteiger partial charge in [-0.05, 0) is 37.3 Å². The van der Waals surface area contributed by atoms with Crippen molar-refractivity contribution in [3.05, 3.63) is 74.1 Å². The van der Waals surface area contributed by atoms with Crippen molar-refractivity contribution in [2.24, 2.45) is 0 Å². The van der Waals surface area contributed by atoms with Crippen LogP contribution < -0.4 is 16.6 Å². The van der Waals surface area contributed by atoms with E-state index >= 15 is 0 Å². The van der Waals surface area contributed by atoms with Gasteiger partial charge < -0.3 is 10.3 Å². The van der Waals surface area contributed by atoms with Gasteiger partial charge in [0, 0.05) is 5.69 Å². The fraction of sp³-hybridized carbons (Fsp3) is 0.118. The Balaban J connectivity index is 1.97. The molecule has 0 radical (unpaired) electrons. The summed E-state index contributed by atoms with van der Waals surface area (Å²) in [5.74, 6) is -1.22. The van der Waals surface area contributed by atoms with E-state index in [1.807, 2.05) is 0 Å². The van der Waals surface area contributed by atoms with E-state index in [2.05, 4.69) is 10.3 Å². The Kier molecular flexibility index (Phi) is 4.41. The summed E-state index contributed by atoms with van der Waals surface area (Å²) in [6.45, 7) is 1.42. The SMILES string of the molecule is CC(C(=O)Nc1ccc(F)c(Cl)c1)n1c(=O)[nH]c2ccccc2c1=O. The Morgan fingerprint density at radius 2 is 1.96 bits per heavy atom. The average Bonchev–Trinajstić information content (AvgIpc) is 2.58. The van der Waals surface area contributed by atoms with Crippen molar-refractivity contribution in [1.82, 2.24) is 9.55 Å². The number of nitrogens with zero attached hydrogens (tertiary/aromatic N) is 1. The van der Waals surface area contributed by atoms with E-state index in [4.69, 9.17) is 11.6 Å². The summed E-state index contributed by atoms with van der Waals surface area (Å²) in [5, 5.41) is 2.66. The predicted molar refractivity (Wildman–Crippen MR) is 93.6 cm³/mol. The maximum Gasteiger partial charge on any atom is 0.329 e. The van der Waals surface area contributed by atoms with Gasteiger partial charge in [-0.2, -0.15) is 0 Å². The van der Waals surface area contributed by atoms with Gasteiger partial charge in [-0.3, -0.25) is 9.59 Å². The number of benzene rings is 2. The second kappa shape index (κ2) is 6.52. The topological polar surface area (TPSA) is 84.0 Å². The van der Waals surface area contributed by atoms with Crippen LogP contribution >= 0.6 is 11.6 Å². The van der Waals surface area contributed by atoms with Crippen LogP contribution in [-0.4, -0.2) is 15.5 Å². The van der Waals surface area contributed by atoms with E-state index in [-0.39, 0.29) is 10.7 Å². The minimum absolute atomic E-state index is 0.147. The summed E-state index contributed by atoms with van der Waals surface area (Å²) in [6, 6.07) is 9.13. The van der Waals surface area contributed by atoms with Crippen LogP contribution in [0.3, 0.4) is 0 Å². The Morgan fingerprint density at radius 3 is 2.68 bits per heavy atom. The van der Waals surface area contributed by atoms with Crippen molar-refractivity contribution < 1.29 is 9.18 Å². The van der Waals surface area contributed by atoms with Crippen molar-refractivity contribution in [2.75, 3.05) is 5.32 Å². The highest BCUT2D eigenvalue weighted by Crippen LogP contribution is 2.20. The second-order valence-electron chi connectivity index (χ2n) is 5.45. The lowest BCUT2D eigenvalue weighted by atomic mass is 10.2. The highest BCUT2D eigenvalue weighted by atomic mass is 35.5. The predicted octanol–water partition coefficient (Wildman–Crippen LogP) is 2.68. The van der Waals surface area contributed by atoms with Crippen LogP contribution in [0.15, 0.2) is 52.1 Å². The van der Waals surface area contributed by atoms with E-state index in [9.17, 15) is 18.8 Å². The molecule has 3 aromatic rings. The molecule has 1 heterocycles. The molecule has 0 spiro atoms. The van der Waals surface area contributed by atoms with Crippen molar-refractivity contribution in [1.29, 1.82) is 0 Å². The number of para-hydroxylation sites is 1. The molecular formula is C17H13ClFN3O3. The molecule has 2 aromatic carbocycles. The van der Waals surface area contributed by atoms with Crippen LogP contribution in [0, 0.1) is 5.82 Å². The maximum atomic E-state index is 13.2. The van der Waals surface area contributed by atoms with Crippen molar-refractivity contribution in [3.63, 3.8) is 0 Å². The zero-order valence-electron chi connectivity index (χ0n) is 13.0. The fourth-order valence-corrected chi connectivity index (χ4v) is 2.65. The van der Waals surface area contributed by atoms with Gasteiger partial charge in [-0.15, -0.1) is 0 Å². The molecule has 1 aromatic heterocycles. The lowest BCUT2D eigenvalue weighted by Gasteiger charge is -2.15. The van der Waals surface area contributed by atoms with Crippen molar-refractivity contribution in [3.8, 4) is 0 Å². The zero-order valence-corrected chi connectivity index (χ0v) is 13.8. The second-order valence-corrected chi connectivity index (χ2v) is 5.85. The third kappa shape index (κ3) is 3.18. The normalized spacial score (nSPS) is 12.1. The molecular weight excluding hydrogens is 349 g/mol. The zero-order chi connectivity index (χ0) is 18.1. The highest BCUT2D eigenvalue weighted by molar-refractivity contribution is 6.31. The monoisotopic (exact) mass is 361 g/mol. The number of aromatic nitrogens is 2. The Bertz CT molecular complexity index is 1090. The van der Waals surface area contributed by atoms with E-state index in [1.165, 1.54) is 19.1 Å². The largest absolute Gasteiger partial charge is 0.329 e. The molecule has 0 saturated carbocycles. The quantitative estimate of drug-likeness (QED) is 0.752. The number of carbonyl (C=O) groups excluding carboxylic acids is 1. The highest BCUT2D eigenvalue weighted by Gasteiger charge is 2.20. The summed E-state index contributed by atoms with van der Waals surface area (Å²) >= 11 is 5.67. The first-order valence-electron chi connectivity index (χ1n) is 7.38. The number of nitrogens with one attached hydrogen (secondary N) is 2. The molecule has 0 aliphatic rings. The number of fused-ring (bicyclic) bond motifs is 1. The Hall–Kier alpha value is -2.93. The van der Waals surface area contributed by atoms with E-state index < -0.39 is 29.0 Å². The summed E-state index contributed by atoms with van der Waals surface area (Å²) in [7, 11) is 0. The van der Waals surface area contributed by atoms with Gasteiger partial charge in [0.25, 0.3) is 5.56 Å². The van der Waals surface area contributed by atoms with Gasteiger partial charge in [-0.25, -0.2) is 13.8 Å². The molecule has 3 rings (SSSR count). The summed E-state index contributed by atoms with van der Waals surface area (Å²) in [6.07, 6.45) is 0. The van der Waals surface area contributed by atoms with E-state index in [1.54, 1.807) is 24.3 Å². The first-order chi connectivity index (χ1) is 11.9. The number of aromatic amines is 1. The third-order valence-electron chi connectivity index (χ3n) is 3.79. The van der Waals surface area contributed by atoms with Crippen LogP contribution in [0.5, 0.6) is 0 Å². The van der Waals surface area contributed by atoms with Crippen LogP contribution in [0.4, 0.5) is 10.1 Å². The van der Waals surface area contributed by atoms with Crippen LogP contribution in [0.2, 0.25) is 5.02 Å². The van der Waals surface area contributed by atoms with E-state index in [0.29, 0.717) is 10.9 Å². The number of hydrogen-bond acceptors (Lipinski definition) is 3. The van der Waals surface area contributed by atoms with Gasteiger partial charge in [0.2, 0.25) is 5.91 Å². The Morgan fingerprint density at radius 1 is 1.24 bits per heavy atom. The fourth-order valence-electron chi connectivity index (χ4n) is 2.47. The smallest absolute Gasteiger partial charge is 0.324 e. The van der Waals surface area contributed by atoms with Crippen molar-refractivity contribution >= 4 is 34.1 Å². The average molecular weight is 362 g/mol. The third-order valence-corrected chi connectivity index (χ3v) is 4.08. The molecule has 6 nitrogen and oxygen atoms in total. The molecule has 128 valence electrons. The molecule has 2 N–H and O–H groups in total. The number of H-pyrrole nitrogens is 1. The first kappa shape index (κ1) is 16.9. The summed E-state index contributed by atoms with van der Waals surface area (Å²) in [5.41, 5.74) is -0.609. The molecule has 8 heteroatoms. The number of hydrogen-bond donors (Lipinski definition) is 2. The minimum atomic E-state index is -1.08. The lowest BCUT2D eigenvalue weighted by molar-refractivity contribution is -0.119. The van der Waals surface area contributed by atoms with E-state index in [0.717, 1.165) is 10.6 Å². The number of amides is 1. The molecule has 0 aliphatic heterocycles. The molecule has 0 fully saturated rings. The molecule has 0 saturated heterocycles. The van der Waals surface area contributed by atoms with Crippen LogP contribution in [0.1, 0.15) is 13.0 Å². The summed E-state index contributed by atoms with van der Waals surface area (Å²) < 4.78 is 14.0. The minimum Gasteiger partial charge on any atom is -0.324 e. The maximum absolute atomic E-state index is 13.2. The van der Waals surface area contributed by atoms with Crippen LogP contribution in [0.25, 0.3) is 10.9 Å². The van der Waals surface area contributed by atoms with Crippen molar-refractivity contribution in [2.45, 2.75) is 13.0 Å². The van der Waals surface area contributed by atoms with Gasteiger partial charge in [-0.1, -0.05) is 23.7 Å². The number of halogens is 2. The van der Waals surface area contributed by atoms with Gasteiger partial charge in [0.15, 0.2) is 0 Å². The number of anilines is 1. The number of carbonyl (C=O) groups is 1. The first-order valence-corrected chi connectivity index (χ1v) is 7.76. The molecule has 1 atom stereocenters. The van der Waals surface area contributed by atoms with Gasteiger partial charge in [0.05, 0.1) is 15.9 Å². The van der Waals surface area contributed by atoms with Gasteiger partial charge in [0.1, 0.15) is 11.9 Å². The molecule has 25 heavy (non-hydrogen) atoms. The number of rotatable bonds is 3. The molecule has 1 unspecified atom stereocenters. The molecule has 1 amide bonds. The standard InChI is InChI=1S/C17H13ClFN3O3/c1-9(15(23)20-10-6-7-13(19)12(18)8-10)22-16(24)11-4-2-3-5-14(11)21-17(22)25/h2-9H,1H3,(H,20,23)(H,21,25). The lowest BCUT2D eigenvalue weighted by Crippen LogP contribution is -2.41.